The van der Waals surface area contributed by atoms with Gasteiger partial charge in [0.2, 0.25) is 0 Å². The van der Waals surface area contributed by atoms with Crippen molar-refractivity contribution in [3.05, 3.63) is 64.7 Å². The Morgan fingerprint density at radius 1 is 1.17 bits per heavy atom. The lowest BCUT2D eigenvalue weighted by atomic mass is 9.89. The Balaban J connectivity index is 1.91. The average Bonchev–Trinajstić information content (AvgIpc) is 2.62. The molecule has 4 nitrogen and oxygen atoms in total. The third-order valence-corrected chi connectivity index (χ3v) is 5.36. The van der Waals surface area contributed by atoms with Crippen LogP contribution in [0, 0.1) is 11.6 Å². The van der Waals surface area contributed by atoms with Crippen molar-refractivity contribution in [2.75, 3.05) is 11.1 Å². The van der Waals surface area contributed by atoms with E-state index in [1.807, 2.05) is 6.92 Å². The first kappa shape index (κ1) is 21.1. The standard InChI is InChI=1S/C19H16F5N3OS/c1-18(6-7-29-17(25)27-18)11-3-5-14(21)15(9-11)26-16(28)10-2-4-13(20)12(8-10)19(22,23)24/h2-5,8-9H,6-7H2,1H3,(H2,25,27)(H,26,28). The van der Waals surface area contributed by atoms with Gasteiger partial charge in [-0.1, -0.05) is 17.8 Å². The number of thioether (sulfide) groups is 1. The monoisotopic (exact) mass is 429 g/mol. The molecule has 0 radical (unpaired) electrons. The van der Waals surface area contributed by atoms with Crippen LogP contribution in [-0.2, 0) is 11.7 Å². The lowest BCUT2D eigenvalue weighted by Crippen LogP contribution is -2.29. The highest BCUT2D eigenvalue weighted by atomic mass is 32.2. The van der Waals surface area contributed by atoms with Crippen LogP contribution >= 0.6 is 11.8 Å². The zero-order valence-electron chi connectivity index (χ0n) is 15.1. The molecule has 0 saturated heterocycles. The van der Waals surface area contributed by atoms with Gasteiger partial charge in [-0.15, -0.1) is 0 Å². The summed E-state index contributed by atoms with van der Waals surface area (Å²) in [5.41, 5.74) is 3.40. The maximum Gasteiger partial charge on any atom is 0.419 e. The van der Waals surface area contributed by atoms with Gasteiger partial charge in [-0.3, -0.25) is 9.79 Å². The molecule has 1 atom stereocenters. The van der Waals surface area contributed by atoms with Crippen LogP contribution in [0.3, 0.4) is 0 Å². The van der Waals surface area contributed by atoms with E-state index in [0.717, 1.165) is 12.1 Å². The fourth-order valence-corrected chi connectivity index (χ4v) is 3.90. The number of rotatable bonds is 3. The van der Waals surface area contributed by atoms with Crippen LogP contribution in [0.4, 0.5) is 27.6 Å². The summed E-state index contributed by atoms with van der Waals surface area (Å²) in [4.78, 5) is 16.8. The third-order valence-electron chi connectivity index (χ3n) is 4.57. The first-order chi connectivity index (χ1) is 13.5. The Bertz CT molecular complexity index is 992. The van der Waals surface area contributed by atoms with Gasteiger partial charge in [-0.05, 0) is 49.2 Å². The summed E-state index contributed by atoms with van der Waals surface area (Å²) in [6.07, 6.45) is -4.33. The lowest BCUT2D eigenvalue weighted by molar-refractivity contribution is -0.140. The summed E-state index contributed by atoms with van der Waals surface area (Å²) in [7, 11) is 0. The van der Waals surface area contributed by atoms with E-state index in [2.05, 4.69) is 10.3 Å². The Kier molecular flexibility index (Phi) is 5.57. The molecule has 10 heteroatoms. The fraction of sp³-hybridized carbons (Fsp3) is 0.263. The molecule has 1 amide bonds. The van der Waals surface area contributed by atoms with Crippen LogP contribution in [0.2, 0.25) is 0 Å². The van der Waals surface area contributed by atoms with E-state index in [9.17, 15) is 26.7 Å². The molecule has 2 aromatic carbocycles. The summed E-state index contributed by atoms with van der Waals surface area (Å²) >= 11 is 1.40. The van der Waals surface area contributed by atoms with Crippen molar-refractivity contribution >= 4 is 28.5 Å². The predicted molar refractivity (Wildman–Crippen MR) is 102 cm³/mol. The van der Waals surface area contributed by atoms with E-state index in [1.54, 1.807) is 0 Å². The summed E-state index contributed by atoms with van der Waals surface area (Å²) < 4.78 is 66.2. The van der Waals surface area contributed by atoms with Crippen molar-refractivity contribution < 1.29 is 26.7 Å². The van der Waals surface area contributed by atoms with Crippen LogP contribution < -0.4 is 11.1 Å². The molecule has 2 aromatic rings. The van der Waals surface area contributed by atoms with Crippen molar-refractivity contribution in [1.29, 1.82) is 0 Å². The topological polar surface area (TPSA) is 67.5 Å². The van der Waals surface area contributed by atoms with Gasteiger partial charge in [0.15, 0.2) is 5.17 Å². The van der Waals surface area contributed by atoms with E-state index < -0.39 is 40.4 Å². The number of alkyl halides is 3. The molecule has 0 spiro atoms. The van der Waals surface area contributed by atoms with E-state index >= 15 is 0 Å². The molecular formula is C19H16F5N3OS. The zero-order valence-corrected chi connectivity index (χ0v) is 15.9. The van der Waals surface area contributed by atoms with Gasteiger partial charge < -0.3 is 11.1 Å². The quantitative estimate of drug-likeness (QED) is 0.682. The summed E-state index contributed by atoms with van der Waals surface area (Å²) in [5, 5.41) is 2.63. The van der Waals surface area contributed by atoms with Gasteiger partial charge >= 0.3 is 6.18 Å². The number of hydrogen-bond acceptors (Lipinski definition) is 4. The molecular weight excluding hydrogens is 413 g/mol. The molecule has 0 aliphatic carbocycles. The molecule has 0 saturated carbocycles. The maximum absolute atomic E-state index is 14.2. The summed E-state index contributed by atoms with van der Waals surface area (Å²) in [6, 6.07) is 5.84. The van der Waals surface area contributed by atoms with Crippen LogP contribution in [-0.4, -0.2) is 16.8 Å². The number of halogens is 5. The van der Waals surface area contributed by atoms with Crippen molar-refractivity contribution in [2.45, 2.75) is 25.1 Å². The Morgan fingerprint density at radius 3 is 2.52 bits per heavy atom. The van der Waals surface area contributed by atoms with E-state index in [1.165, 1.54) is 23.9 Å². The molecule has 29 heavy (non-hydrogen) atoms. The molecule has 154 valence electrons. The Morgan fingerprint density at radius 2 is 1.86 bits per heavy atom. The molecule has 3 rings (SSSR count). The normalized spacial score (nSPS) is 19.6. The number of nitrogens with one attached hydrogen (secondary N) is 1. The molecule has 0 bridgehead atoms. The molecule has 1 aliphatic rings. The molecule has 1 aliphatic heterocycles. The highest BCUT2D eigenvalue weighted by Crippen LogP contribution is 2.37. The Labute approximate surface area is 167 Å². The van der Waals surface area contributed by atoms with Gasteiger partial charge in [-0.2, -0.15) is 13.2 Å². The largest absolute Gasteiger partial charge is 0.419 e. The highest BCUT2D eigenvalue weighted by molar-refractivity contribution is 8.13. The average molecular weight is 429 g/mol. The number of anilines is 1. The van der Waals surface area contributed by atoms with E-state index in [4.69, 9.17) is 5.73 Å². The molecule has 1 unspecified atom stereocenters. The molecule has 3 N–H and O–H groups in total. The number of amidine groups is 1. The van der Waals surface area contributed by atoms with Crippen molar-refractivity contribution in [1.82, 2.24) is 0 Å². The summed E-state index contributed by atoms with van der Waals surface area (Å²) in [5.74, 6) is -2.56. The van der Waals surface area contributed by atoms with Crippen LogP contribution in [0.25, 0.3) is 0 Å². The predicted octanol–water partition coefficient (Wildman–Crippen LogP) is 4.90. The minimum absolute atomic E-state index is 0.224. The van der Waals surface area contributed by atoms with E-state index in [0.29, 0.717) is 35.0 Å². The van der Waals surface area contributed by atoms with Crippen molar-refractivity contribution in [3.63, 3.8) is 0 Å². The van der Waals surface area contributed by atoms with E-state index in [-0.39, 0.29) is 5.69 Å². The Hall–Kier alpha value is -2.62. The highest BCUT2D eigenvalue weighted by Gasteiger charge is 2.35. The van der Waals surface area contributed by atoms with Crippen molar-refractivity contribution in [3.8, 4) is 0 Å². The van der Waals surface area contributed by atoms with Gasteiger partial charge in [0.05, 0.1) is 16.8 Å². The lowest BCUT2D eigenvalue weighted by Gasteiger charge is -2.30. The second-order valence-corrected chi connectivity index (χ2v) is 7.78. The SMILES string of the molecule is CC1(c2ccc(F)c(NC(=O)c3ccc(F)c(C(F)(F)F)c3)c2)CCSC(N)=N1. The van der Waals surface area contributed by atoms with Gasteiger partial charge in [0.1, 0.15) is 11.6 Å². The minimum Gasteiger partial charge on any atom is -0.379 e. The smallest absolute Gasteiger partial charge is 0.379 e. The number of aliphatic imine (C=N–C) groups is 1. The number of benzene rings is 2. The zero-order chi connectivity index (χ0) is 21.4. The van der Waals surface area contributed by atoms with Gasteiger partial charge in [-0.25, -0.2) is 8.78 Å². The first-order valence-electron chi connectivity index (χ1n) is 8.46. The van der Waals surface area contributed by atoms with Crippen LogP contribution in [0.15, 0.2) is 41.4 Å². The fourth-order valence-electron chi connectivity index (χ4n) is 2.93. The van der Waals surface area contributed by atoms with Crippen LogP contribution in [0.1, 0.15) is 34.8 Å². The number of amides is 1. The second-order valence-electron chi connectivity index (χ2n) is 6.66. The number of nitrogens with two attached hydrogens (primary N) is 1. The second kappa shape index (κ2) is 7.66. The number of hydrogen-bond donors (Lipinski definition) is 2. The first-order valence-corrected chi connectivity index (χ1v) is 9.44. The molecule has 0 aromatic heterocycles. The number of nitrogens with zero attached hydrogens (tertiary/aromatic N) is 1. The minimum atomic E-state index is -4.96. The summed E-state index contributed by atoms with van der Waals surface area (Å²) in [6.45, 7) is 1.81. The van der Waals surface area contributed by atoms with Crippen LogP contribution in [0.5, 0.6) is 0 Å². The van der Waals surface area contributed by atoms with Gasteiger partial charge in [0.25, 0.3) is 5.91 Å². The third kappa shape index (κ3) is 4.52. The number of carbonyl (C=O) groups is 1. The van der Waals surface area contributed by atoms with Crippen molar-refractivity contribution in [2.24, 2.45) is 10.7 Å². The maximum atomic E-state index is 14.2. The van der Waals surface area contributed by atoms with Gasteiger partial charge in [0, 0.05) is 11.3 Å². The number of carbonyl (C=O) groups excluding carboxylic acids is 1. The molecule has 0 fully saturated rings. The molecule has 1 heterocycles.